The lowest BCUT2D eigenvalue weighted by atomic mass is 9.96. The van der Waals surface area contributed by atoms with E-state index in [4.69, 9.17) is 15.0 Å². The number of fused-ring (bicyclic) bond motifs is 1. The molecule has 5 aromatic carbocycles. The van der Waals surface area contributed by atoms with Gasteiger partial charge >= 0.3 is 0 Å². The van der Waals surface area contributed by atoms with Gasteiger partial charge in [-0.15, -0.1) is 22.7 Å². The van der Waals surface area contributed by atoms with E-state index in [1.165, 1.54) is 11.3 Å². The van der Waals surface area contributed by atoms with Gasteiger partial charge < -0.3 is 15.6 Å². The van der Waals surface area contributed by atoms with Crippen molar-refractivity contribution in [1.29, 1.82) is 0 Å². The van der Waals surface area contributed by atoms with Crippen LogP contribution in [0.25, 0.3) is 49.1 Å². The number of hydrogen-bond acceptors (Lipinski definition) is 7. The number of aryl methyl sites for hydroxylation is 4. The summed E-state index contributed by atoms with van der Waals surface area (Å²) in [7, 11) is 0. The highest BCUT2D eigenvalue weighted by Gasteiger charge is 2.31. The Kier molecular flexibility index (Phi) is 10.0. The van der Waals surface area contributed by atoms with Crippen LogP contribution in [0.3, 0.4) is 0 Å². The molecule has 3 N–H and O–H groups in total. The van der Waals surface area contributed by atoms with Gasteiger partial charge in [0.05, 0.1) is 32.7 Å². The zero-order chi connectivity index (χ0) is 40.6. The number of allylic oxidation sites excluding steroid dienone is 1. The number of para-hydroxylation sites is 1. The van der Waals surface area contributed by atoms with Gasteiger partial charge in [0.2, 0.25) is 0 Å². The number of hydrogen-bond donors (Lipinski definition) is 3. The van der Waals surface area contributed by atoms with Crippen LogP contribution in [-0.4, -0.2) is 32.6 Å². The van der Waals surface area contributed by atoms with Crippen molar-refractivity contribution in [3.63, 3.8) is 0 Å². The zero-order valence-corrected chi connectivity index (χ0v) is 34.4. The van der Waals surface area contributed by atoms with Crippen LogP contribution in [0.15, 0.2) is 144 Å². The van der Waals surface area contributed by atoms with E-state index in [0.717, 1.165) is 75.9 Å². The van der Waals surface area contributed by atoms with Gasteiger partial charge in [-0.05, 0) is 80.3 Å². The number of benzene rings is 5. The summed E-state index contributed by atoms with van der Waals surface area (Å²) in [5, 5.41) is 9.81. The van der Waals surface area contributed by atoms with Crippen LogP contribution in [0.4, 0.5) is 5.82 Å². The fraction of sp³-hybridized carbons (Fsp3) is 0.0816. The molecule has 3 aromatic heterocycles. The van der Waals surface area contributed by atoms with Crippen molar-refractivity contribution in [2.45, 2.75) is 27.7 Å². The van der Waals surface area contributed by atoms with E-state index in [1.54, 1.807) is 17.5 Å². The third-order valence-electron chi connectivity index (χ3n) is 10.3. The van der Waals surface area contributed by atoms with Crippen molar-refractivity contribution < 1.29 is 9.59 Å². The predicted molar refractivity (Wildman–Crippen MR) is 243 cm³/mol. The third kappa shape index (κ3) is 7.36. The summed E-state index contributed by atoms with van der Waals surface area (Å²) >= 11 is 3.05. The van der Waals surface area contributed by atoms with Gasteiger partial charge in [0, 0.05) is 33.8 Å². The summed E-state index contributed by atoms with van der Waals surface area (Å²) in [5.74, 6) is 0.410. The molecular weight excluding hydrogens is 769 g/mol. The lowest BCUT2D eigenvalue weighted by Crippen LogP contribution is -2.31. The Labute approximate surface area is 349 Å². The van der Waals surface area contributed by atoms with Crippen molar-refractivity contribution in [3.05, 3.63) is 188 Å². The maximum absolute atomic E-state index is 14.2. The summed E-state index contributed by atoms with van der Waals surface area (Å²) in [6.45, 7) is 7.91. The lowest BCUT2D eigenvalue weighted by molar-refractivity contribution is 0.0975. The molecule has 1 aliphatic rings. The van der Waals surface area contributed by atoms with Crippen molar-refractivity contribution in [1.82, 2.24) is 20.3 Å². The molecule has 0 atom stereocenters. The van der Waals surface area contributed by atoms with Crippen molar-refractivity contribution in [2.24, 2.45) is 4.99 Å². The number of aromatic amines is 1. The third-order valence-corrected chi connectivity index (χ3v) is 12.1. The van der Waals surface area contributed by atoms with E-state index < -0.39 is 0 Å². The van der Waals surface area contributed by atoms with E-state index in [9.17, 15) is 9.59 Å². The molecular formula is C49H38N6O2S2. The molecule has 1 aliphatic heterocycles. The number of H-pyrrole nitrogens is 1. The summed E-state index contributed by atoms with van der Waals surface area (Å²) in [6.07, 6.45) is 3.76. The molecule has 8 aromatic rings. The topological polar surface area (TPSA) is 112 Å². The molecule has 0 saturated heterocycles. The quantitative estimate of drug-likeness (QED) is 0.142. The monoisotopic (exact) mass is 806 g/mol. The number of anilines is 1. The van der Waals surface area contributed by atoms with Gasteiger partial charge in [-0.1, -0.05) is 108 Å². The first-order valence-electron chi connectivity index (χ1n) is 19.2. The number of aromatic nitrogens is 3. The molecule has 8 nitrogen and oxygen atoms in total. The number of nitrogens with one attached hydrogen (secondary N) is 3. The summed E-state index contributed by atoms with van der Waals surface area (Å²) in [4.78, 5) is 46.9. The normalized spacial score (nSPS) is 13.3. The number of thiazole rings is 2. The summed E-state index contributed by atoms with van der Waals surface area (Å²) in [6, 6.07) is 39.8. The Hall–Kier alpha value is -7.01. The second-order valence-corrected chi connectivity index (χ2v) is 16.4. The molecule has 2 amide bonds. The van der Waals surface area contributed by atoms with Crippen molar-refractivity contribution in [3.8, 4) is 21.7 Å². The van der Waals surface area contributed by atoms with Gasteiger partial charge in [-0.25, -0.2) is 15.0 Å². The van der Waals surface area contributed by atoms with Gasteiger partial charge in [0.1, 0.15) is 21.7 Å². The number of amides is 2. The van der Waals surface area contributed by atoms with E-state index in [2.05, 4.69) is 33.8 Å². The molecule has 0 unspecified atom stereocenters. The average Bonchev–Trinajstić information content (AvgIpc) is 4.04. The number of carbonyl (C=O) groups excluding carboxylic acids is 2. The summed E-state index contributed by atoms with van der Waals surface area (Å²) < 4.78 is 1.03. The van der Waals surface area contributed by atoms with Gasteiger partial charge in [0.25, 0.3) is 11.8 Å². The molecule has 4 heterocycles. The first-order valence-corrected chi connectivity index (χ1v) is 20.9. The van der Waals surface area contributed by atoms with Crippen molar-refractivity contribution >= 4 is 73.6 Å². The first-order chi connectivity index (χ1) is 28.7. The van der Waals surface area contributed by atoms with Crippen LogP contribution in [0.2, 0.25) is 0 Å². The second-order valence-electron chi connectivity index (χ2n) is 14.5. The van der Waals surface area contributed by atoms with E-state index in [-0.39, 0.29) is 11.8 Å². The van der Waals surface area contributed by atoms with Crippen LogP contribution >= 0.6 is 22.7 Å². The minimum Gasteiger partial charge on any atom is -0.341 e. The van der Waals surface area contributed by atoms with Crippen LogP contribution in [0.1, 0.15) is 59.2 Å². The fourth-order valence-corrected chi connectivity index (χ4v) is 9.29. The molecule has 0 saturated carbocycles. The summed E-state index contributed by atoms with van der Waals surface area (Å²) in [5.41, 5.74) is 12.2. The molecule has 0 spiro atoms. The molecule has 9 rings (SSSR count). The minimum atomic E-state index is -0.261. The Morgan fingerprint density at radius 1 is 0.661 bits per heavy atom. The smallest absolute Gasteiger partial charge is 0.257 e. The van der Waals surface area contributed by atoms with Crippen LogP contribution in [-0.2, 0) is 0 Å². The Bertz CT molecular complexity index is 2980. The van der Waals surface area contributed by atoms with Crippen LogP contribution in [0.5, 0.6) is 0 Å². The minimum absolute atomic E-state index is 0.240. The SMILES string of the molecule is Cc1ccc(C(=O)NC2=NC(=Cc3[nH]c(NC(=O)c4ccc(C)cc4C)c(-c4nc5ccccc5s4)c3-c3ccccc3)C(c3ccccc3)=C2c2nccs2)c(C)c1. The van der Waals surface area contributed by atoms with Crippen molar-refractivity contribution in [2.75, 3.05) is 5.32 Å². The predicted octanol–water partition coefficient (Wildman–Crippen LogP) is 11.7. The molecule has 10 heteroatoms. The molecule has 288 valence electrons. The van der Waals surface area contributed by atoms with Gasteiger partial charge in [0.15, 0.2) is 0 Å². The first kappa shape index (κ1) is 37.6. The second kappa shape index (κ2) is 15.7. The Morgan fingerprint density at radius 2 is 1.29 bits per heavy atom. The standard InChI is InChI=1S/C49H38N6O2S2/c1-28-19-21-34(30(3)25-28)46(56)54-44-42(48-50-23-24-58-48)40(32-13-7-5-8-14-32)37(51-44)27-38-41(33-15-9-6-10-16-33)43(49-53-36-17-11-12-18-39(36)59-49)45(52-38)55-47(57)35-22-20-29(2)26-31(35)4/h5-27,52H,1-4H3,(H,55,57)(H,51,54,56). The molecule has 59 heavy (non-hydrogen) atoms. The molecule has 0 bridgehead atoms. The highest BCUT2D eigenvalue weighted by atomic mass is 32.1. The number of nitrogens with zero attached hydrogens (tertiary/aromatic N) is 3. The fourth-order valence-electron chi connectivity index (χ4n) is 7.57. The number of rotatable bonds is 8. The number of aliphatic imine (C=N–C) groups is 1. The number of carbonyl (C=O) groups is 2. The highest BCUT2D eigenvalue weighted by molar-refractivity contribution is 7.21. The van der Waals surface area contributed by atoms with Gasteiger partial charge in [-0.3, -0.25) is 9.59 Å². The Morgan fingerprint density at radius 3 is 1.92 bits per heavy atom. The highest BCUT2D eigenvalue weighted by Crippen LogP contribution is 2.46. The van der Waals surface area contributed by atoms with E-state index in [1.807, 2.05) is 142 Å². The molecule has 0 radical (unpaired) electrons. The maximum Gasteiger partial charge on any atom is 0.257 e. The number of amidine groups is 1. The van der Waals surface area contributed by atoms with E-state index in [0.29, 0.717) is 34.2 Å². The van der Waals surface area contributed by atoms with E-state index >= 15 is 0 Å². The molecule has 0 fully saturated rings. The largest absolute Gasteiger partial charge is 0.341 e. The van der Waals surface area contributed by atoms with Crippen LogP contribution < -0.4 is 10.6 Å². The van der Waals surface area contributed by atoms with Gasteiger partial charge in [-0.2, -0.15) is 0 Å². The maximum atomic E-state index is 14.2. The van der Waals surface area contributed by atoms with Crippen LogP contribution in [0, 0.1) is 27.7 Å². The average molecular weight is 807 g/mol. The Balaban J connectivity index is 1.28. The molecule has 0 aliphatic carbocycles. The zero-order valence-electron chi connectivity index (χ0n) is 32.8. The lowest BCUT2D eigenvalue weighted by Gasteiger charge is -2.11.